The summed E-state index contributed by atoms with van der Waals surface area (Å²) in [6, 6.07) is 12.6. The van der Waals surface area contributed by atoms with Gasteiger partial charge in [0.2, 0.25) is 10.0 Å². The second kappa shape index (κ2) is 8.69. The van der Waals surface area contributed by atoms with Crippen molar-refractivity contribution in [1.29, 1.82) is 0 Å². The van der Waals surface area contributed by atoms with Gasteiger partial charge in [0.15, 0.2) is 9.84 Å². The van der Waals surface area contributed by atoms with Gasteiger partial charge >= 0.3 is 0 Å². The number of hydrogen-bond acceptors (Lipinski definition) is 5. The topological polar surface area (TPSA) is 74.8 Å². The second-order valence-corrected chi connectivity index (χ2v) is 11.3. The van der Waals surface area contributed by atoms with Crippen LogP contribution in [0.1, 0.15) is 0 Å². The van der Waals surface area contributed by atoms with Gasteiger partial charge in [-0.2, -0.15) is 4.31 Å². The van der Waals surface area contributed by atoms with E-state index >= 15 is 0 Å². The van der Waals surface area contributed by atoms with E-state index in [1.165, 1.54) is 22.5 Å². The first-order chi connectivity index (χ1) is 13.2. The Bertz CT molecular complexity index is 1040. The van der Waals surface area contributed by atoms with Gasteiger partial charge in [0.1, 0.15) is 4.90 Å². The Labute approximate surface area is 175 Å². The number of sulfone groups is 1. The number of hydrogen-bond donors (Lipinski definition) is 0. The van der Waals surface area contributed by atoms with Crippen LogP contribution in [-0.4, -0.2) is 64.5 Å². The second-order valence-electron chi connectivity index (χ2n) is 6.45. The molecule has 2 aromatic rings. The minimum Gasteiger partial charge on any atom is -0.300 e. The highest BCUT2D eigenvalue weighted by Gasteiger charge is 2.30. The Morgan fingerprint density at radius 2 is 1.50 bits per heavy atom. The fraction of sp³-hybridized carbons (Fsp3) is 0.333. The van der Waals surface area contributed by atoms with Crippen LogP contribution in [0.25, 0.3) is 0 Å². The van der Waals surface area contributed by atoms with Crippen molar-refractivity contribution in [3.8, 4) is 0 Å². The van der Waals surface area contributed by atoms with Crippen LogP contribution in [0.15, 0.2) is 58.3 Å². The first-order valence-corrected chi connectivity index (χ1v) is 12.5. The molecular weight excluding hydrogens is 443 g/mol. The summed E-state index contributed by atoms with van der Waals surface area (Å²) in [6.07, 6.45) is 0. The van der Waals surface area contributed by atoms with Gasteiger partial charge in [0, 0.05) is 37.7 Å². The summed E-state index contributed by atoms with van der Waals surface area (Å²) in [5.41, 5.74) is 0. The van der Waals surface area contributed by atoms with Crippen LogP contribution < -0.4 is 0 Å². The van der Waals surface area contributed by atoms with E-state index in [1.807, 2.05) is 4.90 Å². The van der Waals surface area contributed by atoms with E-state index in [0.29, 0.717) is 29.6 Å². The average Bonchev–Trinajstić information content (AvgIpc) is 2.69. The van der Waals surface area contributed by atoms with E-state index in [1.54, 1.807) is 30.3 Å². The van der Waals surface area contributed by atoms with Crippen LogP contribution >= 0.6 is 23.2 Å². The lowest BCUT2D eigenvalue weighted by atomic mass is 10.4. The Balaban J connectivity index is 1.61. The highest BCUT2D eigenvalue weighted by atomic mass is 35.5. The predicted molar refractivity (Wildman–Crippen MR) is 110 cm³/mol. The molecule has 0 amide bonds. The summed E-state index contributed by atoms with van der Waals surface area (Å²) in [4.78, 5) is 2.24. The molecule has 1 saturated heterocycles. The minimum absolute atomic E-state index is 0.0100. The van der Waals surface area contributed by atoms with Crippen LogP contribution in [0, 0.1) is 0 Å². The van der Waals surface area contributed by atoms with Crippen molar-refractivity contribution in [1.82, 2.24) is 9.21 Å². The average molecular weight is 463 g/mol. The molecule has 1 fully saturated rings. The Kier molecular flexibility index (Phi) is 6.69. The zero-order valence-corrected chi connectivity index (χ0v) is 18.1. The van der Waals surface area contributed by atoms with Gasteiger partial charge in [0.05, 0.1) is 15.7 Å². The van der Waals surface area contributed by atoms with Crippen molar-refractivity contribution in [3.63, 3.8) is 0 Å². The highest BCUT2D eigenvalue weighted by molar-refractivity contribution is 7.91. The maximum Gasteiger partial charge on any atom is 0.244 e. The molecule has 0 saturated carbocycles. The molecule has 0 unspecified atom stereocenters. The molecule has 10 heteroatoms. The number of halogens is 2. The van der Waals surface area contributed by atoms with Crippen LogP contribution in [0.3, 0.4) is 0 Å². The Morgan fingerprint density at radius 3 is 2.14 bits per heavy atom. The standard InChI is InChI=1S/C18H20Cl2N2O4S2/c19-15-6-7-17(20)18(14-15)28(25,26)22-10-8-21(9-11-22)12-13-27(23,24)16-4-2-1-3-5-16/h1-7,14H,8-13H2. The van der Waals surface area contributed by atoms with E-state index in [9.17, 15) is 16.8 Å². The summed E-state index contributed by atoms with van der Waals surface area (Å²) >= 11 is 12.0. The van der Waals surface area contributed by atoms with Crippen LogP contribution in [0.2, 0.25) is 10.0 Å². The third kappa shape index (κ3) is 4.87. The van der Waals surface area contributed by atoms with Crippen molar-refractivity contribution in [3.05, 3.63) is 58.6 Å². The van der Waals surface area contributed by atoms with Crippen molar-refractivity contribution in [2.75, 3.05) is 38.5 Å². The molecule has 1 aliphatic rings. The van der Waals surface area contributed by atoms with Gasteiger partial charge in [-0.1, -0.05) is 41.4 Å². The molecule has 2 aromatic carbocycles. The molecule has 0 radical (unpaired) electrons. The van der Waals surface area contributed by atoms with Crippen LogP contribution in [0.5, 0.6) is 0 Å². The monoisotopic (exact) mass is 462 g/mol. The van der Waals surface area contributed by atoms with Crippen molar-refractivity contribution < 1.29 is 16.8 Å². The number of sulfonamides is 1. The molecule has 0 N–H and O–H groups in total. The van der Waals surface area contributed by atoms with Gasteiger partial charge in [-0.3, -0.25) is 4.90 Å². The molecule has 0 aromatic heterocycles. The van der Waals surface area contributed by atoms with Gasteiger partial charge in [-0.05, 0) is 30.3 Å². The highest BCUT2D eigenvalue weighted by Crippen LogP contribution is 2.28. The van der Waals surface area contributed by atoms with E-state index in [0.717, 1.165) is 0 Å². The van der Waals surface area contributed by atoms with Crippen molar-refractivity contribution >= 4 is 43.1 Å². The molecule has 6 nitrogen and oxygen atoms in total. The normalized spacial score (nSPS) is 16.9. The first-order valence-electron chi connectivity index (χ1n) is 8.65. The zero-order valence-electron chi connectivity index (χ0n) is 15.0. The summed E-state index contributed by atoms with van der Waals surface area (Å²) in [5.74, 6) is -0.0100. The molecule has 0 bridgehead atoms. The fourth-order valence-corrected chi connectivity index (χ4v) is 6.47. The van der Waals surface area contributed by atoms with Gasteiger partial charge in [0.25, 0.3) is 0 Å². The molecule has 1 heterocycles. The largest absolute Gasteiger partial charge is 0.300 e. The molecule has 0 aliphatic carbocycles. The molecule has 152 valence electrons. The molecule has 3 rings (SSSR count). The number of nitrogens with zero attached hydrogens (tertiary/aromatic N) is 2. The van der Waals surface area contributed by atoms with Crippen LogP contribution in [-0.2, 0) is 19.9 Å². The predicted octanol–water partition coefficient (Wildman–Crippen LogP) is 2.77. The molecule has 28 heavy (non-hydrogen) atoms. The number of rotatable bonds is 6. The van der Waals surface area contributed by atoms with Crippen LogP contribution in [0.4, 0.5) is 0 Å². The molecule has 0 atom stereocenters. The molecular formula is C18H20Cl2N2O4S2. The van der Waals surface area contributed by atoms with E-state index < -0.39 is 19.9 Å². The van der Waals surface area contributed by atoms with Gasteiger partial charge in [-0.15, -0.1) is 0 Å². The van der Waals surface area contributed by atoms with E-state index in [-0.39, 0.29) is 28.8 Å². The Morgan fingerprint density at radius 1 is 0.857 bits per heavy atom. The minimum atomic E-state index is -3.75. The fourth-order valence-electron chi connectivity index (χ4n) is 3.00. The maximum atomic E-state index is 12.8. The summed E-state index contributed by atoms with van der Waals surface area (Å²) in [5, 5.41) is 0.425. The molecule has 0 spiro atoms. The lowest BCUT2D eigenvalue weighted by Gasteiger charge is -2.34. The van der Waals surface area contributed by atoms with Crippen molar-refractivity contribution in [2.24, 2.45) is 0 Å². The summed E-state index contributed by atoms with van der Waals surface area (Å²) < 4.78 is 51.8. The third-order valence-corrected chi connectivity index (χ3v) is 8.95. The van der Waals surface area contributed by atoms with E-state index in [4.69, 9.17) is 23.2 Å². The maximum absolute atomic E-state index is 12.8. The summed E-state index contributed by atoms with van der Waals surface area (Å²) in [7, 11) is -7.11. The van der Waals surface area contributed by atoms with Gasteiger partial charge in [-0.25, -0.2) is 16.8 Å². The number of piperazine rings is 1. The zero-order chi connectivity index (χ0) is 20.4. The summed E-state index contributed by atoms with van der Waals surface area (Å²) in [6.45, 7) is 1.76. The smallest absolute Gasteiger partial charge is 0.244 e. The SMILES string of the molecule is O=S(=O)(CCN1CCN(S(=O)(=O)c2cc(Cl)ccc2Cl)CC1)c1ccccc1. The Hall–Kier alpha value is -1.16. The molecule has 1 aliphatic heterocycles. The third-order valence-electron chi connectivity index (χ3n) is 4.62. The lowest BCUT2D eigenvalue weighted by molar-refractivity contribution is 0.197. The van der Waals surface area contributed by atoms with Gasteiger partial charge < -0.3 is 0 Å². The van der Waals surface area contributed by atoms with Crippen molar-refractivity contribution in [2.45, 2.75) is 9.79 Å². The van der Waals surface area contributed by atoms with E-state index in [2.05, 4.69) is 0 Å². The lowest BCUT2D eigenvalue weighted by Crippen LogP contribution is -2.49. The quantitative estimate of drug-likeness (QED) is 0.659. The number of benzene rings is 2. The first kappa shape index (κ1) is 21.5.